The molecule has 0 N–H and O–H groups in total. The molecule has 0 aliphatic rings. The van der Waals surface area contributed by atoms with Gasteiger partial charge in [-0.25, -0.2) is 0 Å². The molecular formula is C16H18ClNO. The molecule has 0 saturated carbocycles. The van der Waals surface area contributed by atoms with E-state index in [0.717, 1.165) is 17.7 Å². The van der Waals surface area contributed by atoms with Gasteiger partial charge in [0.25, 0.3) is 0 Å². The van der Waals surface area contributed by atoms with Crippen molar-refractivity contribution < 1.29 is 4.74 Å². The molecule has 2 rings (SSSR count). The van der Waals surface area contributed by atoms with Gasteiger partial charge in [-0.15, -0.1) is 11.6 Å². The Morgan fingerprint density at radius 2 is 1.89 bits per heavy atom. The Morgan fingerprint density at radius 1 is 1.16 bits per heavy atom. The third-order valence-corrected chi connectivity index (χ3v) is 3.16. The average molecular weight is 276 g/mol. The number of pyridine rings is 1. The van der Waals surface area contributed by atoms with Gasteiger partial charge in [-0.2, -0.15) is 0 Å². The molecule has 0 radical (unpaired) electrons. The number of ether oxygens (including phenoxy) is 1. The van der Waals surface area contributed by atoms with Crippen molar-refractivity contribution in [3.05, 3.63) is 59.9 Å². The van der Waals surface area contributed by atoms with E-state index in [9.17, 15) is 0 Å². The minimum Gasteiger partial charge on any atom is -0.491 e. The van der Waals surface area contributed by atoms with Crippen LogP contribution in [0.2, 0.25) is 0 Å². The van der Waals surface area contributed by atoms with Crippen molar-refractivity contribution in [3.8, 4) is 5.75 Å². The molecule has 2 aromatic rings. The van der Waals surface area contributed by atoms with Gasteiger partial charge in [0, 0.05) is 12.4 Å². The fourth-order valence-electron chi connectivity index (χ4n) is 1.90. The fraction of sp³-hybridized carbons (Fsp3) is 0.312. The van der Waals surface area contributed by atoms with Crippen molar-refractivity contribution in [3.63, 3.8) is 0 Å². The summed E-state index contributed by atoms with van der Waals surface area (Å²) in [6.45, 7) is 4.03. The van der Waals surface area contributed by atoms with E-state index in [-0.39, 0.29) is 11.5 Å². The second kappa shape index (κ2) is 6.58. The summed E-state index contributed by atoms with van der Waals surface area (Å²) in [6, 6.07) is 12.0. The highest BCUT2D eigenvalue weighted by Crippen LogP contribution is 2.27. The topological polar surface area (TPSA) is 22.1 Å². The van der Waals surface area contributed by atoms with Crippen LogP contribution in [-0.4, -0.2) is 11.1 Å². The molecule has 1 aromatic heterocycles. The summed E-state index contributed by atoms with van der Waals surface area (Å²) in [5.41, 5.74) is 2.27. The van der Waals surface area contributed by atoms with Crippen LogP contribution in [0.15, 0.2) is 48.8 Å². The van der Waals surface area contributed by atoms with Crippen LogP contribution >= 0.6 is 11.6 Å². The monoisotopic (exact) mass is 275 g/mol. The Labute approximate surface area is 119 Å². The summed E-state index contributed by atoms with van der Waals surface area (Å²) in [5.74, 6) is 0.868. The minimum atomic E-state index is -0.0573. The first-order valence-electron chi connectivity index (χ1n) is 6.45. The Kier molecular flexibility index (Phi) is 4.80. The van der Waals surface area contributed by atoms with Crippen LogP contribution in [0, 0.1) is 0 Å². The molecule has 19 heavy (non-hydrogen) atoms. The van der Waals surface area contributed by atoms with E-state index < -0.39 is 0 Å². The number of aromatic nitrogens is 1. The van der Waals surface area contributed by atoms with E-state index in [4.69, 9.17) is 16.3 Å². The van der Waals surface area contributed by atoms with Gasteiger partial charge in [0.1, 0.15) is 5.75 Å². The molecule has 0 saturated heterocycles. The molecule has 0 spiro atoms. The number of hydrogen-bond donors (Lipinski definition) is 0. The third-order valence-electron chi connectivity index (χ3n) is 2.76. The fourth-order valence-corrected chi connectivity index (χ4v) is 2.21. The molecule has 0 aliphatic carbocycles. The lowest BCUT2D eigenvalue weighted by molar-refractivity contribution is 0.242. The smallest absolute Gasteiger partial charge is 0.120 e. The van der Waals surface area contributed by atoms with E-state index in [1.165, 1.54) is 5.56 Å². The quantitative estimate of drug-likeness (QED) is 0.755. The maximum absolute atomic E-state index is 6.47. The van der Waals surface area contributed by atoms with Crippen LogP contribution in [0.4, 0.5) is 0 Å². The summed E-state index contributed by atoms with van der Waals surface area (Å²) in [6.07, 6.45) is 4.54. The summed E-state index contributed by atoms with van der Waals surface area (Å²) in [7, 11) is 0. The van der Waals surface area contributed by atoms with Gasteiger partial charge in [-0.05, 0) is 55.7 Å². The largest absolute Gasteiger partial charge is 0.491 e. The maximum Gasteiger partial charge on any atom is 0.120 e. The van der Waals surface area contributed by atoms with Gasteiger partial charge in [-0.3, -0.25) is 4.98 Å². The second-order valence-corrected chi connectivity index (χ2v) is 5.29. The van der Waals surface area contributed by atoms with Crippen molar-refractivity contribution in [1.29, 1.82) is 0 Å². The van der Waals surface area contributed by atoms with Gasteiger partial charge in [0.2, 0.25) is 0 Å². The molecule has 1 heterocycles. The van der Waals surface area contributed by atoms with Crippen LogP contribution in [-0.2, 0) is 6.42 Å². The molecule has 0 amide bonds. The summed E-state index contributed by atoms with van der Waals surface area (Å²) >= 11 is 6.47. The minimum absolute atomic E-state index is 0.0573. The van der Waals surface area contributed by atoms with Crippen LogP contribution in [0.1, 0.15) is 30.4 Å². The molecule has 0 bridgehead atoms. The summed E-state index contributed by atoms with van der Waals surface area (Å²) in [4.78, 5) is 4.01. The van der Waals surface area contributed by atoms with Crippen molar-refractivity contribution in [2.45, 2.75) is 31.7 Å². The zero-order valence-electron chi connectivity index (χ0n) is 11.2. The highest BCUT2D eigenvalue weighted by atomic mass is 35.5. The van der Waals surface area contributed by atoms with E-state index in [1.54, 1.807) is 12.4 Å². The first-order valence-corrected chi connectivity index (χ1v) is 6.88. The van der Waals surface area contributed by atoms with Crippen molar-refractivity contribution in [2.75, 3.05) is 0 Å². The molecule has 2 nitrogen and oxygen atoms in total. The summed E-state index contributed by atoms with van der Waals surface area (Å²) < 4.78 is 5.69. The maximum atomic E-state index is 6.47. The Balaban J connectivity index is 2.08. The number of benzene rings is 1. The number of halogens is 1. The van der Waals surface area contributed by atoms with Crippen LogP contribution in [0.5, 0.6) is 5.75 Å². The van der Waals surface area contributed by atoms with E-state index >= 15 is 0 Å². The molecule has 0 fully saturated rings. The number of nitrogens with zero attached hydrogens (tertiary/aromatic N) is 1. The lowest BCUT2D eigenvalue weighted by Crippen LogP contribution is -2.06. The number of alkyl halides is 1. The lowest BCUT2D eigenvalue weighted by atomic mass is 10.0. The first kappa shape index (κ1) is 13.9. The summed E-state index contributed by atoms with van der Waals surface area (Å²) in [5, 5.41) is -0.0573. The third kappa shape index (κ3) is 4.25. The van der Waals surface area contributed by atoms with Gasteiger partial charge >= 0.3 is 0 Å². The Bertz CT molecular complexity index is 513. The van der Waals surface area contributed by atoms with E-state index in [1.807, 2.05) is 50.2 Å². The molecule has 1 aromatic carbocycles. The molecule has 1 unspecified atom stereocenters. The van der Waals surface area contributed by atoms with Crippen LogP contribution in [0.3, 0.4) is 0 Å². The second-order valence-electron chi connectivity index (χ2n) is 4.77. The van der Waals surface area contributed by atoms with Gasteiger partial charge < -0.3 is 4.74 Å². The normalized spacial score (nSPS) is 12.4. The number of rotatable bonds is 5. The van der Waals surface area contributed by atoms with E-state index in [0.29, 0.717) is 0 Å². The van der Waals surface area contributed by atoms with E-state index in [2.05, 4.69) is 4.98 Å². The average Bonchev–Trinajstić information content (AvgIpc) is 2.39. The Hall–Kier alpha value is -1.54. The lowest BCUT2D eigenvalue weighted by Gasteiger charge is -2.14. The van der Waals surface area contributed by atoms with Gasteiger partial charge in [0.15, 0.2) is 0 Å². The van der Waals surface area contributed by atoms with Gasteiger partial charge in [0.05, 0.1) is 11.5 Å². The molecular weight excluding hydrogens is 258 g/mol. The highest BCUT2D eigenvalue weighted by molar-refractivity contribution is 6.20. The highest BCUT2D eigenvalue weighted by Gasteiger charge is 2.10. The number of hydrogen-bond acceptors (Lipinski definition) is 2. The van der Waals surface area contributed by atoms with Crippen molar-refractivity contribution in [2.24, 2.45) is 0 Å². The van der Waals surface area contributed by atoms with Crippen molar-refractivity contribution >= 4 is 11.6 Å². The van der Waals surface area contributed by atoms with Gasteiger partial charge in [-0.1, -0.05) is 12.1 Å². The predicted octanol–water partition coefficient (Wildman–Crippen LogP) is 4.39. The standard InChI is InChI=1S/C16H18ClNO/c1-12(2)19-15-5-3-4-14(11-15)16(17)10-13-6-8-18-9-7-13/h3-9,11-12,16H,10H2,1-2H3. The first-order chi connectivity index (χ1) is 9.15. The van der Waals surface area contributed by atoms with Crippen LogP contribution < -0.4 is 4.74 Å². The molecule has 3 heteroatoms. The zero-order chi connectivity index (χ0) is 13.7. The SMILES string of the molecule is CC(C)Oc1cccc(C(Cl)Cc2ccncc2)c1. The Morgan fingerprint density at radius 3 is 2.58 bits per heavy atom. The van der Waals surface area contributed by atoms with Crippen LogP contribution in [0.25, 0.3) is 0 Å². The molecule has 1 atom stereocenters. The predicted molar refractivity (Wildman–Crippen MR) is 78.7 cm³/mol. The van der Waals surface area contributed by atoms with Crippen molar-refractivity contribution in [1.82, 2.24) is 4.98 Å². The molecule has 100 valence electrons. The molecule has 0 aliphatic heterocycles. The zero-order valence-corrected chi connectivity index (χ0v) is 12.0.